The van der Waals surface area contributed by atoms with Crippen molar-refractivity contribution in [3.05, 3.63) is 47.4 Å². The Morgan fingerprint density at radius 1 is 1.15 bits per heavy atom. The lowest BCUT2D eigenvalue weighted by Crippen LogP contribution is -2.49. The first-order chi connectivity index (χ1) is 18.0. The number of anilines is 1. The highest BCUT2D eigenvalue weighted by Gasteiger charge is 2.42. The number of nitrogens with zero attached hydrogens (tertiary/aromatic N) is 3. The van der Waals surface area contributed by atoms with Crippen molar-refractivity contribution < 1.29 is 32.2 Å². The fourth-order valence-electron chi connectivity index (χ4n) is 4.69. The summed E-state index contributed by atoms with van der Waals surface area (Å²) in [7, 11) is -2.26. The van der Waals surface area contributed by atoms with Crippen molar-refractivity contribution in [3.63, 3.8) is 0 Å². The lowest BCUT2D eigenvalue weighted by atomic mass is 9.86. The molecule has 0 aliphatic carbocycles. The summed E-state index contributed by atoms with van der Waals surface area (Å²) in [6.45, 7) is 11.1. The molecule has 0 amide bonds. The Hall–Kier alpha value is -2.89. The van der Waals surface area contributed by atoms with Crippen LogP contribution in [0.3, 0.4) is 0 Å². The Morgan fingerprint density at radius 3 is 2.28 bits per heavy atom. The van der Waals surface area contributed by atoms with Crippen LogP contribution in [0.4, 0.5) is 10.3 Å². The number of sulfonamides is 1. The molecule has 1 saturated heterocycles. The maximum absolute atomic E-state index is 13.7. The molecular weight excluding hydrogens is 525 g/mol. The molecule has 3 atom stereocenters. The molecule has 0 saturated carbocycles. The van der Waals surface area contributed by atoms with Gasteiger partial charge >= 0.3 is 5.97 Å². The van der Waals surface area contributed by atoms with Gasteiger partial charge in [-0.15, -0.1) is 0 Å². The fraction of sp³-hybridized carbons (Fsp3) is 0.536. The van der Waals surface area contributed by atoms with Crippen molar-refractivity contribution in [2.75, 3.05) is 17.6 Å². The van der Waals surface area contributed by atoms with E-state index in [1.165, 1.54) is 19.2 Å². The quantitative estimate of drug-likeness (QED) is 0.449. The minimum absolute atomic E-state index is 0.00224. The van der Waals surface area contributed by atoms with Gasteiger partial charge in [-0.3, -0.25) is 4.79 Å². The Balaban J connectivity index is 2.14. The molecule has 1 N–H and O–H groups in total. The number of ether oxygens (including phenoxy) is 2. The van der Waals surface area contributed by atoms with Crippen LogP contribution in [0.25, 0.3) is 17.3 Å². The van der Waals surface area contributed by atoms with Crippen molar-refractivity contribution >= 4 is 28.0 Å². The third-order valence-electron chi connectivity index (χ3n) is 6.62. The van der Waals surface area contributed by atoms with E-state index in [2.05, 4.69) is 9.97 Å². The van der Waals surface area contributed by atoms with Gasteiger partial charge in [0.1, 0.15) is 5.82 Å². The first-order valence-corrected chi connectivity index (χ1v) is 14.7. The van der Waals surface area contributed by atoms with Crippen LogP contribution < -0.4 is 4.31 Å². The molecule has 0 bridgehead atoms. The Bertz CT molecular complexity index is 1330. The van der Waals surface area contributed by atoms with Crippen molar-refractivity contribution in [1.82, 2.24) is 9.97 Å². The molecule has 1 aromatic heterocycles. The molecule has 1 unspecified atom stereocenters. The molecule has 1 aromatic carbocycles. The topological polar surface area (TPSA) is 119 Å². The van der Waals surface area contributed by atoms with Gasteiger partial charge in [0.25, 0.3) is 0 Å². The van der Waals surface area contributed by atoms with Gasteiger partial charge in [0.05, 0.1) is 35.8 Å². The van der Waals surface area contributed by atoms with Crippen LogP contribution in [0.5, 0.6) is 0 Å². The predicted octanol–water partition coefficient (Wildman–Crippen LogP) is 5.08. The first-order valence-electron chi connectivity index (χ1n) is 12.9. The van der Waals surface area contributed by atoms with E-state index in [1.807, 2.05) is 39.8 Å². The molecule has 2 heterocycles. The predicted molar refractivity (Wildman–Crippen MR) is 148 cm³/mol. The number of aliphatic carboxylic acids is 1. The summed E-state index contributed by atoms with van der Waals surface area (Å²) >= 11 is 0. The van der Waals surface area contributed by atoms with Crippen LogP contribution in [0.2, 0.25) is 0 Å². The van der Waals surface area contributed by atoms with E-state index in [4.69, 9.17) is 9.47 Å². The van der Waals surface area contributed by atoms with Crippen LogP contribution >= 0.6 is 0 Å². The number of rotatable bonds is 9. The monoisotopic (exact) mass is 563 g/mol. The summed E-state index contributed by atoms with van der Waals surface area (Å²) in [6, 6.07) is 5.78. The molecule has 1 aliphatic heterocycles. The van der Waals surface area contributed by atoms with Gasteiger partial charge in [-0.25, -0.2) is 27.1 Å². The summed E-state index contributed by atoms with van der Waals surface area (Å²) in [5.74, 6) is -3.31. The minimum atomic E-state index is -3.64. The minimum Gasteiger partial charge on any atom is -0.481 e. The Labute approximate surface area is 230 Å². The Morgan fingerprint density at radius 2 is 1.77 bits per heavy atom. The van der Waals surface area contributed by atoms with Gasteiger partial charge in [0, 0.05) is 24.6 Å². The van der Waals surface area contributed by atoms with E-state index in [0.29, 0.717) is 28.9 Å². The largest absolute Gasteiger partial charge is 0.481 e. The summed E-state index contributed by atoms with van der Waals surface area (Å²) in [4.78, 5) is 21.2. The van der Waals surface area contributed by atoms with E-state index in [0.717, 1.165) is 10.6 Å². The molecule has 9 nitrogen and oxygen atoms in total. The highest BCUT2D eigenvalue weighted by atomic mass is 32.2. The second kappa shape index (κ2) is 11.7. The van der Waals surface area contributed by atoms with E-state index in [-0.39, 0.29) is 17.8 Å². The van der Waals surface area contributed by atoms with E-state index in [1.54, 1.807) is 26.0 Å². The van der Waals surface area contributed by atoms with Crippen molar-refractivity contribution in [3.8, 4) is 11.3 Å². The lowest BCUT2D eigenvalue weighted by molar-refractivity contribution is -0.299. The lowest BCUT2D eigenvalue weighted by Gasteiger charge is -2.42. The molecule has 2 aromatic rings. The van der Waals surface area contributed by atoms with Crippen molar-refractivity contribution in [1.29, 1.82) is 0 Å². The van der Waals surface area contributed by atoms with Crippen LogP contribution in [-0.2, 0) is 24.3 Å². The van der Waals surface area contributed by atoms with Gasteiger partial charge in [-0.1, -0.05) is 39.8 Å². The van der Waals surface area contributed by atoms with Gasteiger partial charge in [-0.05, 0) is 49.9 Å². The number of hydrogen-bond acceptors (Lipinski definition) is 7. The molecule has 39 heavy (non-hydrogen) atoms. The summed E-state index contributed by atoms with van der Waals surface area (Å²) in [5, 5.41) is 9.84. The van der Waals surface area contributed by atoms with Gasteiger partial charge in [0.15, 0.2) is 5.79 Å². The van der Waals surface area contributed by atoms with E-state index >= 15 is 0 Å². The van der Waals surface area contributed by atoms with E-state index < -0.39 is 45.7 Å². The highest BCUT2D eigenvalue weighted by Crippen LogP contribution is 2.36. The van der Waals surface area contributed by atoms with Crippen LogP contribution in [0.15, 0.2) is 30.3 Å². The van der Waals surface area contributed by atoms with Gasteiger partial charge < -0.3 is 14.6 Å². The van der Waals surface area contributed by atoms with Crippen molar-refractivity contribution in [2.24, 2.45) is 11.8 Å². The zero-order chi connectivity index (χ0) is 29.3. The second-order valence-electron chi connectivity index (χ2n) is 11.0. The average Bonchev–Trinajstić information content (AvgIpc) is 2.80. The van der Waals surface area contributed by atoms with E-state index in [9.17, 15) is 22.7 Å². The average molecular weight is 564 g/mol. The number of carbonyl (C=O) groups is 1. The first kappa shape index (κ1) is 30.6. The molecule has 1 aliphatic rings. The third kappa shape index (κ3) is 7.40. The summed E-state index contributed by atoms with van der Waals surface area (Å²) in [6.07, 6.45) is 4.00. The van der Waals surface area contributed by atoms with Crippen LogP contribution in [0.1, 0.15) is 65.1 Å². The highest BCUT2D eigenvalue weighted by molar-refractivity contribution is 7.92. The Kier molecular flexibility index (Phi) is 9.19. The maximum Gasteiger partial charge on any atom is 0.309 e. The van der Waals surface area contributed by atoms with Gasteiger partial charge in [0.2, 0.25) is 16.0 Å². The zero-order valence-electron chi connectivity index (χ0n) is 23.7. The molecule has 0 spiro atoms. The number of aromatic nitrogens is 2. The number of halogens is 1. The molecule has 3 rings (SSSR count). The number of carboxylic acid groups (broad SMARTS) is 1. The van der Waals surface area contributed by atoms with Gasteiger partial charge in [-0.2, -0.15) is 0 Å². The second-order valence-corrected chi connectivity index (χ2v) is 13.0. The summed E-state index contributed by atoms with van der Waals surface area (Å²) in [5.41, 5.74) is 2.24. The molecular formula is C28H38FN3O6S. The smallest absolute Gasteiger partial charge is 0.309 e. The van der Waals surface area contributed by atoms with Crippen LogP contribution in [0, 0.1) is 17.7 Å². The zero-order valence-corrected chi connectivity index (χ0v) is 24.5. The number of benzene rings is 1. The standard InChI is InChI=1S/C28H38FN3O6S/c1-16(2)23(26(33)34)22-15-20(37-28(5,6)38-22)13-14-21-24(17(3)4)30-27(32(7)39(8,35)36)31-25(21)18-9-11-19(29)12-10-18/h9-14,16-17,20,22-23H,15H2,1-8H3,(H,33,34)/b14-13+/t20-,22-,23?/m1/s1. The maximum atomic E-state index is 13.7. The fourth-order valence-corrected chi connectivity index (χ4v) is 5.07. The summed E-state index contributed by atoms with van der Waals surface area (Å²) < 4.78 is 51.5. The number of carboxylic acids is 1. The molecule has 0 radical (unpaired) electrons. The SMILES string of the molecule is CC(C)c1nc(N(C)S(C)(=O)=O)nc(-c2ccc(F)cc2)c1/C=C/[C@@H]1C[C@H](C(C(=O)O)C(C)C)OC(C)(C)O1. The normalized spacial score (nSPS) is 20.5. The molecule has 214 valence electrons. The molecule has 1 fully saturated rings. The molecule has 11 heteroatoms. The number of hydrogen-bond donors (Lipinski definition) is 1. The third-order valence-corrected chi connectivity index (χ3v) is 7.78. The van der Waals surface area contributed by atoms with Crippen molar-refractivity contribution in [2.45, 2.75) is 71.9 Å². The van der Waals surface area contributed by atoms with Crippen LogP contribution in [-0.4, -0.2) is 60.8 Å².